The van der Waals surface area contributed by atoms with Crippen molar-refractivity contribution in [3.8, 4) is 33.6 Å². The number of ether oxygens (including phenoxy) is 2. The van der Waals surface area contributed by atoms with E-state index in [4.69, 9.17) is 19.4 Å². The molecule has 4 amide bonds. The second-order valence-corrected chi connectivity index (χ2v) is 16.5. The number of aromatic amines is 3. The van der Waals surface area contributed by atoms with Crippen molar-refractivity contribution in [2.75, 3.05) is 27.3 Å². The van der Waals surface area contributed by atoms with Crippen molar-refractivity contribution in [3.05, 3.63) is 77.8 Å². The van der Waals surface area contributed by atoms with Crippen molar-refractivity contribution in [1.82, 2.24) is 45.4 Å². The molecule has 5 N–H and O–H groups in total. The molecule has 0 bridgehead atoms. The first kappa shape index (κ1) is 40.4. The molecule has 2 aliphatic heterocycles. The van der Waals surface area contributed by atoms with E-state index in [1.165, 1.54) is 19.8 Å². The van der Waals surface area contributed by atoms with E-state index >= 15 is 0 Å². The number of nitrogens with one attached hydrogen (secondary N) is 5. The summed E-state index contributed by atoms with van der Waals surface area (Å²) in [6.07, 6.45) is 12.8. The fourth-order valence-electron chi connectivity index (χ4n) is 9.14. The zero-order valence-electron chi connectivity index (χ0n) is 34.9. The van der Waals surface area contributed by atoms with Gasteiger partial charge in [0.15, 0.2) is 0 Å². The minimum atomic E-state index is -0.706. The van der Waals surface area contributed by atoms with Crippen LogP contribution in [0.2, 0.25) is 0 Å². The average molecular weight is 816 g/mol. The minimum absolute atomic E-state index is 0.116. The lowest BCUT2D eigenvalue weighted by atomic mass is 9.90. The van der Waals surface area contributed by atoms with Crippen LogP contribution in [0.15, 0.2) is 55.0 Å². The molecule has 0 spiro atoms. The molecule has 1 aliphatic carbocycles. The molecule has 3 aliphatic rings. The number of rotatable bonds is 11. The Balaban J connectivity index is 1.04. The minimum Gasteiger partial charge on any atom is -0.453 e. The average Bonchev–Trinajstić information content (AvgIpc) is 4.10. The summed E-state index contributed by atoms with van der Waals surface area (Å²) in [5.41, 5.74) is 9.31. The van der Waals surface area contributed by atoms with E-state index in [2.05, 4.69) is 68.1 Å². The van der Waals surface area contributed by atoms with Crippen LogP contribution in [0.3, 0.4) is 0 Å². The van der Waals surface area contributed by atoms with Gasteiger partial charge in [0.05, 0.1) is 55.6 Å². The number of carbonyl (C=O) groups is 4. The van der Waals surface area contributed by atoms with E-state index < -0.39 is 24.3 Å². The first-order valence-corrected chi connectivity index (χ1v) is 20.8. The first-order chi connectivity index (χ1) is 29.0. The summed E-state index contributed by atoms with van der Waals surface area (Å²) in [7, 11) is 2.59. The number of H-pyrrole nitrogens is 3. The van der Waals surface area contributed by atoms with Crippen LogP contribution in [0.1, 0.15) is 88.2 Å². The summed E-state index contributed by atoms with van der Waals surface area (Å²) in [6, 6.07) is 8.81. The number of amides is 4. The third-order valence-corrected chi connectivity index (χ3v) is 12.2. The predicted octanol–water partition coefficient (Wildman–Crippen LogP) is 7.27. The number of hydrogen-bond acceptors (Lipinski definition) is 8. The Labute approximate surface area is 348 Å². The molecule has 8 rings (SSSR count). The fraction of sp³-hybridized carbons (Fsp3) is 0.422. The molecule has 15 heteroatoms. The number of nitrogens with zero attached hydrogens (tertiary/aromatic N) is 4. The molecular formula is C45H53N9O6. The topological polar surface area (TPSA) is 190 Å². The van der Waals surface area contributed by atoms with Crippen molar-refractivity contribution in [2.45, 2.75) is 84.0 Å². The maximum absolute atomic E-state index is 13.7. The lowest BCUT2D eigenvalue weighted by Gasteiger charge is -2.30. The highest BCUT2D eigenvalue weighted by Crippen LogP contribution is 2.42. The highest BCUT2D eigenvalue weighted by molar-refractivity contribution is 6.04. The van der Waals surface area contributed by atoms with E-state index in [-0.39, 0.29) is 35.7 Å². The van der Waals surface area contributed by atoms with Crippen LogP contribution in [-0.4, -0.2) is 98.1 Å². The Bertz CT molecular complexity index is 2460. The van der Waals surface area contributed by atoms with Crippen molar-refractivity contribution in [1.29, 1.82) is 0 Å². The molecule has 0 radical (unpaired) electrons. The standard InChI is InChI=1S/C45H53N9O6/c1-24(2)37(51-44(57)59-5)42(55)53-20-8-12-35(53)40-47-22-33(49-40)30-16-14-28(26-10-7-11-27(26)30)29-15-17-32(39-31(29)18-19-46-39)34-23-48-41(50-34)36-13-9-21-54(36)43(56)38(25(3)4)52-45(58)60-6/h7,10,14-19,22-25,35-38,46H,8-9,11-13,20-21H2,1-6H3,(H,47,49)(H,48,50)(H,51,57)(H,52,58)/t35-,36-,37-,38-/m0/s1. The SMILES string of the molecule is COC(=O)N[C@H](C(=O)N1CCC[C@H]1c1ncc(-c2ccc(-c3ccc(-c4cnc([C@@H]5CCCN5C(=O)[C@@H](NC(=O)OC)C(C)C)[nH]4)c4[nH]ccc34)c3c2CC=C3)[nH]1)C(C)C. The number of benzene rings is 2. The number of methoxy groups -OCH3 is 2. The molecule has 15 nitrogen and oxygen atoms in total. The summed E-state index contributed by atoms with van der Waals surface area (Å²) in [5.74, 6) is 0.920. The van der Waals surface area contributed by atoms with Gasteiger partial charge in [-0.1, -0.05) is 64.1 Å². The number of carbonyl (C=O) groups excluding carboxylic acids is 4. The molecule has 60 heavy (non-hydrogen) atoms. The molecule has 2 saturated heterocycles. The van der Waals surface area contributed by atoms with Gasteiger partial charge in [-0.3, -0.25) is 9.59 Å². The third-order valence-electron chi connectivity index (χ3n) is 12.2. The van der Waals surface area contributed by atoms with E-state index in [9.17, 15) is 19.2 Å². The molecule has 2 fully saturated rings. The van der Waals surface area contributed by atoms with Crippen LogP contribution in [-0.2, 0) is 25.5 Å². The molecule has 314 valence electrons. The maximum Gasteiger partial charge on any atom is 0.407 e. The second-order valence-electron chi connectivity index (χ2n) is 16.5. The molecule has 0 unspecified atom stereocenters. The summed E-state index contributed by atoms with van der Waals surface area (Å²) in [5, 5.41) is 6.51. The second kappa shape index (κ2) is 16.7. The number of hydrogen-bond donors (Lipinski definition) is 5. The van der Waals surface area contributed by atoms with E-state index in [1.807, 2.05) is 56.1 Å². The normalized spacial score (nSPS) is 18.3. The number of likely N-dealkylation sites (tertiary alicyclic amines) is 2. The van der Waals surface area contributed by atoms with Gasteiger partial charge in [-0.25, -0.2) is 19.6 Å². The quantitative estimate of drug-likeness (QED) is 0.0920. The molecule has 2 aromatic carbocycles. The molecule has 5 heterocycles. The van der Waals surface area contributed by atoms with Gasteiger partial charge in [0.1, 0.15) is 23.7 Å². The Morgan fingerprint density at radius 2 is 1.23 bits per heavy atom. The third kappa shape index (κ3) is 7.41. The Morgan fingerprint density at radius 3 is 1.78 bits per heavy atom. The van der Waals surface area contributed by atoms with Gasteiger partial charge in [0.25, 0.3) is 0 Å². The number of fused-ring (bicyclic) bond motifs is 2. The lowest BCUT2D eigenvalue weighted by Crippen LogP contribution is -2.51. The summed E-state index contributed by atoms with van der Waals surface area (Å²) < 4.78 is 9.59. The zero-order valence-corrected chi connectivity index (χ0v) is 34.9. The molecule has 4 atom stereocenters. The highest BCUT2D eigenvalue weighted by atomic mass is 16.5. The van der Waals surface area contributed by atoms with E-state index in [1.54, 1.807) is 0 Å². The van der Waals surface area contributed by atoms with E-state index in [0.717, 1.165) is 88.0 Å². The van der Waals surface area contributed by atoms with Crippen molar-refractivity contribution >= 4 is 41.0 Å². The van der Waals surface area contributed by atoms with Crippen molar-refractivity contribution < 1.29 is 28.7 Å². The lowest BCUT2D eigenvalue weighted by molar-refractivity contribution is -0.136. The zero-order chi connectivity index (χ0) is 42.2. The Morgan fingerprint density at radius 1 is 0.717 bits per heavy atom. The number of alkyl carbamates (subject to hydrolysis) is 2. The molecule has 0 saturated carbocycles. The van der Waals surface area contributed by atoms with Gasteiger partial charge >= 0.3 is 12.2 Å². The van der Waals surface area contributed by atoms with Gasteiger partial charge in [0.2, 0.25) is 11.8 Å². The van der Waals surface area contributed by atoms with Gasteiger partial charge in [-0.2, -0.15) is 0 Å². The Kier molecular flexibility index (Phi) is 11.2. The van der Waals surface area contributed by atoms with Crippen molar-refractivity contribution in [2.24, 2.45) is 11.8 Å². The maximum atomic E-state index is 13.7. The predicted molar refractivity (Wildman–Crippen MR) is 227 cm³/mol. The molecule has 3 aromatic heterocycles. The molecular weight excluding hydrogens is 763 g/mol. The van der Waals surface area contributed by atoms with Crippen LogP contribution in [0.4, 0.5) is 9.59 Å². The monoisotopic (exact) mass is 815 g/mol. The van der Waals surface area contributed by atoms with Gasteiger partial charge in [-0.05, 0) is 72.3 Å². The van der Waals surface area contributed by atoms with Crippen LogP contribution >= 0.6 is 0 Å². The van der Waals surface area contributed by atoms with Crippen LogP contribution in [0, 0.1) is 11.8 Å². The van der Waals surface area contributed by atoms with Crippen LogP contribution < -0.4 is 10.6 Å². The van der Waals surface area contributed by atoms with Gasteiger partial charge in [0, 0.05) is 35.8 Å². The number of aromatic nitrogens is 5. The summed E-state index contributed by atoms with van der Waals surface area (Å²) in [4.78, 5) is 75.4. The van der Waals surface area contributed by atoms with Crippen LogP contribution in [0.5, 0.6) is 0 Å². The summed E-state index contributed by atoms with van der Waals surface area (Å²) >= 11 is 0. The number of allylic oxidation sites excluding steroid dienone is 1. The summed E-state index contributed by atoms with van der Waals surface area (Å²) in [6.45, 7) is 8.79. The fourth-order valence-corrected chi connectivity index (χ4v) is 9.14. The first-order valence-electron chi connectivity index (χ1n) is 20.8. The molecule has 5 aromatic rings. The number of imidazole rings is 2. The smallest absolute Gasteiger partial charge is 0.407 e. The highest BCUT2D eigenvalue weighted by Gasteiger charge is 2.39. The van der Waals surface area contributed by atoms with Gasteiger partial charge in [-0.15, -0.1) is 0 Å². The van der Waals surface area contributed by atoms with Crippen molar-refractivity contribution in [3.63, 3.8) is 0 Å². The van der Waals surface area contributed by atoms with E-state index in [0.29, 0.717) is 18.9 Å². The Hall–Kier alpha value is -6.38. The van der Waals surface area contributed by atoms with Gasteiger partial charge < -0.3 is 44.9 Å². The van der Waals surface area contributed by atoms with Crippen LogP contribution in [0.25, 0.3) is 50.6 Å². The largest absolute Gasteiger partial charge is 0.453 e.